The Bertz CT molecular complexity index is 1220. The van der Waals surface area contributed by atoms with Gasteiger partial charge in [0.1, 0.15) is 5.75 Å². The minimum absolute atomic E-state index is 0.104. The van der Waals surface area contributed by atoms with Crippen LogP contribution in [0.25, 0.3) is 16.6 Å². The number of hydrogen-bond donors (Lipinski definition) is 1. The molecule has 4 rings (SSSR count). The first-order valence-electron chi connectivity index (χ1n) is 8.90. The van der Waals surface area contributed by atoms with Gasteiger partial charge in [0.25, 0.3) is 5.56 Å². The normalized spacial score (nSPS) is 10.9. The van der Waals surface area contributed by atoms with Crippen LogP contribution in [0.15, 0.2) is 76.0 Å². The van der Waals surface area contributed by atoms with Crippen molar-refractivity contribution in [3.8, 4) is 11.4 Å². The van der Waals surface area contributed by atoms with Crippen molar-refractivity contribution in [2.75, 3.05) is 12.4 Å². The van der Waals surface area contributed by atoms with Crippen LogP contribution in [0, 0.1) is 3.57 Å². The van der Waals surface area contributed by atoms with E-state index in [1.807, 2.05) is 66.7 Å². The summed E-state index contributed by atoms with van der Waals surface area (Å²) in [7, 11) is 1.64. The van der Waals surface area contributed by atoms with E-state index >= 15 is 0 Å². The summed E-state index contributed by atoms with van der Waals surface area (Å²) in [4.78, 5) is 18.1. The standard InChI is InChI=1S/C22H17BrIN3O2/c1-29-18-9-2-14(3-10-18)13-25-22-26-20-11-6-16(24)12-19(20)21(28)27(22)17-7-4-15(23)5-8-17/h2-12H,13H2,1H3,(H,25,26). The van der Waals surface area contributed by atoms with Gasteiger partial charge in [-0.3, -0.25) is 4.79 Å². The number of aromatic nitrogens is 2. The van der Waals surface area contributed by atoms with E-state index in [9.17, 15) is 4.79 Å². The summed E-state index contributed by atoms with van der Waals surface area (Å²) in [6, 6.07) is 21.1. The molecule has 1 heterocycles. The van der Waals surface area contributed by atoms with Crippen molar-refractivity contribution >= 4 is 55.4 Å². The molecule has 0 spiro atoms. The third-order valence-corrected chi connectivity index (χ3v) is 5.72. The predicted molar refractivity (Wildman–Crippen MR) is 128 cm³/mol. The summed E-state index contributed by atoms with van der Waals surface area (Å²) in [5.74, 6) is 1.31. The number of halogens is 2. The highest BCUT2D eigenvalue weighted by Gasteiger charge is 2.13. The lowest BCUT2D eigenvalue weighted by atomic mass is 10.2. The van der Waals surface area contributed by atoms with Crippen LogP contribution < -0.4 is 15.6 Å². The molecule has 0 saturated heterocycles. The summed E-state index contributed by atoms with van der Waals surface area (Å²) in [6.07, 6.45) is 0. The molecule has 7 heteroatoms. The highest BCUT2D eigenvalue weighted by Crippen LogP contribution is 2.21. The van der Waals surface area contributed by atoms with E-state index in [-0.39, 0.29) is 5.56 Å². The maximum absolute atomic E-state index is 13.3. The van der Waals surface area contributed by atoms with Crippen LogP contribution in [0.4, 0.5) is 5.95 Å². The average Bonchev–Trinajstić information content (AvgIpc) is 2.74. The Kier molecular flexibility index (Phi) is 5.86. The first-order valence-corrected chi connectivity index (χ1v) is 10.8. The van der Waals surface area contributed by atoms with Gasteiger partial charge < -0.3 is 10.1 Å². The lowest BCUT2D eigenvalue weighted by molar-refractivity contribution is 0.414. The van der Waals surface area contributed by atoms with Gasteiger partial charge in [0.2, 0.25) is 5.95 Å². The van der Waals surface area contributed by atoms with Gasteiger partial charge >= 0.3 is 0 Å². The van der Waals surface area contributed by atoms with Crippen molar-refractivity contribution in [3.63, 3.8) is 0 Å². The molecule has 0 bridgehead atoms. The summed E-state index contributed by atoms with van der Waals surface area (Å²) >= 11 is 5.65. The Balaban J connectivity index is 1.80. The van der Waals surface area contributed by atoms with Crippen LogP contribution in [-0.4, -0.2) is 16.7 Å². The van der Waals surface area contributed by atoms with Gasteiger partial charge in [0, 0.05) is 14.6 Å². The predicted octanol–water partition coefficient (Wildman–Crippen LogP) is 5.37. The molecule has 0 saturated carbocycles. The minimum atomic E-state index is -0.104. The molecule has 0 aliphatic heterocycles. The van der Waals surface area contributed by atoms with Gasteiger partial charge in [0.15, 0.2) is 0 Å². The Morgan fingerprint density at radius 3 is 2.48 bits per heavy atom. The first-order chi connectivity index (χ1) is 14.0. The molecule has 4 aromatic rings. The van der Waals surface area contributed by atoms with Crippen molar-refractivity contribution in [2.24, 2.45) is 0 Å². The zero-order valence-corrected chi connectivity index (χ0v) is 19.3. The second kappa shape index (κ2) is 8.54. The highest BCUT2D eigenvalue weighted by atomic mass is 127. The Labute approximate surface area is 190 Å². The molecule has 0 unspecified atom stereocenters. The van der Waals surface area contributed by atoms with Gasteiger partial charge in [-0.15, -0.1) is 0 Å². The van der Waals surface area contributed by atoms with Crippen LogP contribution in [0.5, 0.6) is 5.75 Å². The number of ether oxygens (including phenoxy) is 1. The van der Waals surface area contributed by atoms with E-state index in [1.165, 1.54) is 0 Å². The molecule has 1 aromatic heterocycles. The zero-order valence-electron chi connectivity index (χ0n) is 15.5. The van der Waals surface area contributed by atoms with Crippen LogP contribution in [0.3, 0.4) is 0 Å². The maximum Gasteiger partial charge on any atom is 0.267 e. The van der Waals surface area contributed by atoms with Gasteiger partial charge in [0.05, 0.1) is 23.7 Å². The van der Waals surface area contributed by atoms with Crippen LogP contribution in [0.1, 0.15) is 5.56 Å². The van der Waals surface area contributed by atoms with Crippen LogP contribution in [0.2, 0.25) is 0 Å². The summed E-state index contributed by atoms with van der Waals surface area (Å²) in [6.45, 7) is 0.531. The van der Waals surface area contributed by atoms with Crippen LogP contribution in [-0.2, 0) is 6.54 Å². The molecule has 5 nitrogen and oxygen atoms in total. The van der Waals surface area contributed by atoms with Crippen molar-refractivity contribution < 1.29 is 4.74 Å². The van der Waals surface area contributed by atoms with Crippen molar-refractivity contribution in [1.82, 2.24) is 9.55 Å². The Morgan fingerprint density at radius 1 is 1.07 bits per heavy atom. The van der Waals surface area contributed by atoms with E-state index in [0.29, 0.717) is 23.4 Å². The Morgan fingerprint density at radius 2 is 1.79 bits per heavy atom. The molecule has 0 radical (unpaired) electrons. The number of rotatable bonds is 5. The van der Waals surface area contributed by atoms with E-state index in [2.05, 4.69) is 43.8 Å². The molecular formula is C22H17BrIN3O2. The number of benzene rings is 3. The first kappa shape index (κ1) is 19.9. The molecule has 0 fully saturated rings. The smallest absolute Gasteiger partial charge is 0.267 e. The molecule has 0 atom stereocenters. The van der Waals surface area contributed by atoms with Gasteiger partial charge in [-0.2, -0.15) is 0 Å². The molecular weight excluding hydrogens is 545 g/mol. The lowest BCUT2D eigenvalue weighted by Gasteiger charge is -2.15. The number of fused-ring (bicyclic) bond motifs is 1. The van der Waals surface area contributed by atoms with Crippen molar-refractivity contribution in [1.29, 1.82) is 0 Å². The second-order valence-electron chi connectivity index (χ2n) is 6.42. The lowest BCUT2D eigenvalue weighted by Crippen LogP contribution is -2.23. The summed E-state index contributed by atoms with van der Waals surface area (Å²) in [5, 5.41) is 3.92. The van der Waals surface area contributed by atoms with Gasteiger partial charge in [-0.05, 0) is 82.8 Å². The molecule has 3 aromatic carbocycles. The quantitative estimate of drug-likeness (QED) is 0.333. The molecule has 0 aliphatic carbocycles. The highest BCUT2D eigenvalue weighted by molar-refractivity contribution is 14.1. The SMILES string of the molecule is COc1ccc(CNc2nc3ccc(I)cc3c(=O)n2-c2ccc(Br)cc2)cc1. The fourth-order valence-electron chi connectivity index (χ4n) is 3.03. The van der Waals surface area contributed by atoms with Crippen molar-refractivity contribution in [3.05, 3.63) is 90.7 Å². The van der Waals surface area contributed by atoms with E-state index in [0.717, 1.165) is 25.0 Å². The fourth-order valence-corrected chi connectivity index (χ4v) is 3.79. The number of hydrogen-bond acceptors (Lipinski definition) is 4. The third-order valence-electron chi connectivity index (χ3n) is 4.52. The van der Waals surface area contributed by atoms with Crippen molar-refractivity contribution in [2.45, 2.75) is 6.54 Å². The number of methoxy groups -OCH3 is 1. The summed E-state index contributed by atoms with van der Waals surface area (Å²) < 4.78 is 8.77. The molecule has 29 heavy (non-hydrogen) atoms. The molecule has 0 amide bonds. The number of anilines is 1. The molecule has 0 aliphatic rings. The zero-order chi connectivity index (χ0) is 20.4. The summed E-state index contributed by atoms with van der Waals surface area (Å²) in [5.41, 5.74) is 2.38. The van der Waals surface area contributed by atoms with Crippen LogP contribution >= 0.6 is 38.5 Å². The van der Waals surface area contributed by atoms with Gasteiger partial charge in [-0.1, -0.05) is 28.1 Å². The average molecular weight is 562 g/mol. The van der Waals surface area contributed by atoms with Gasteiger partial charge in [-0.25, -0.2) is 9.55 Å². The Hall–Kier alpha value is -2.39. The van der Waals surface area contributed by atoms with E-state index < -0.39 is 0 Å². The maximum atomic E-state index is 13.3. The fraction of sp³-hybridized carbons (Fsp3) is 0.0909. The monoisotopic (exact) mass is 561 g/mol. The molecule has 146 valence electrons. The number of nitrogens with one attached hydrogen (secondary N) is 1. The topological polar surface area (TPSA) is 56.1 Å². The van der Waals surface area contributed by atoms with E-state index in [4.69, 9.17) is 9.72 Å². The minimum Gasteiger partial charge on any atom is -0.497 e. The largest absolute Gasteiger partial charge is 0.497 e. The van der Waals surface area contributed by atoms with E-state index in [1.54, 1.807) is 11.7 Å². The molecule has 1 N–H and O–H groups in total. The number of nitrogens with zero attached hydrogens (tertiary/aromatic N) is 2. The third kappa shape index (κ3) is 4.30. The second-order valence-corrected chi connectivity index (χ2v) is 8.58.